The predicted molar refractivity (Wildman–Crippen MR) is 89.3 cm³/mol. The zero-order valence-corrected chi connectivity index (χ0v) is 14.1. The third kappa shape index (κ3) is 3.87. The van der Waals surface area contributed by atoms with Crippen LogP contribution >= 0.6 is 0 Å². The Morgan fingerprint density at radius 3 is 2.76 bits per heavy atom. The van der Waals surface area contributed by atoms with Crippen LogP contribution in [0.15, 0.2) is 24.3 Å². The highest BCUT2D eigenvalue weighted by Crippen LogP contribution is 2.42. The van der Waals surface area contributed by atoms with Gasteiger partial charge in [-0.2, -0.15) is 0 Å². The lowest BCUT2D eigenvalue weighted by molar-refractivity contribution is -0.0718. The molecule has 1 fully saturated rings. The van der Waals surface area contributed by atoms with Crippen LogP contribution in [-0.2, 0) is 11.2 Å². The second kappa shape index (κ2) is 6.93. The highest BCUT2D eigenvalue weighted by atomic mass is 16.5. The lowest BCUT2D eigenvalue weighted by Gasteiger charge is -2.43. The molecule has 1 aliphatic rings. The second-order valence-electron chi connectivity index (χ2n) is 7.29. The van der Waals surface area contributed by atoms with Crippen LogP contribution in [0.3, 0.4) is 0 Å². The quantitative estimate of drug-likeness (QED) is 0.867. The molecule has 2 rings (SSSR count). The zero-order valence-electron chi connectivity index (χ0n) is 14.1. The summed E-state index contributed by atoms with van der Waals surface area (Å²) in [5.74, 6) is 1.37. The van der Waals surface area contributed by atoms with Crippen molar-refractivity contribution in [1.29, 1.82) is 0 Å². The number of rotatable bonds is 5. The molecule has 0 bridgehead atoms. The fourth-order valence-corrected chi connectivity index (χ4v) is 3.83. The van der Waals surface area contributed by atoms with Gasteiger partial charge in [-0.05, 0) is 42.2 Å². The molecule has 118 valence electrons. The van der Waals surface area contributed by atoms with Crippen LogP contribution in [0.1, 0.15) is 63.6 Å². The minimum absolute atomic E-state index is 0.0302. The molecule has 3 atom stereocenters. The first kappa shape index (κ1) is 16.5. The maximum Gasteiger partial charge on any atom is 0.0872 e. The average Bonchev–Trinajstić information content (AvgIpc) is 2.46. The molecule has 0 spiro atoms. The van der Waals surface area contributed by atoms with E-state index in [0.717, 1.165) is 19.3 Å². The minimum Gasteiger partial charge on any atom is -0.376 e. The van der Waals surface area contributed by atoms with E-state index in [9.17, 15) is 0 Å². The summed E-state index contributed by atoms with van der Waals surface area (Å²) in [6.07, 6.45) is 5.76. The summed E-state index contributed by atoms with van der Waals surface area (Å²) in [5, 5.41) is 0. The van der Waals surface area contributed by atoms with E-state index >= 15 is 0 Å². The summed E-state index contributed by atoms with van der Waals surface area (Å²) in [6.45, 7) is 6.83. The SMILES string of the molecule is COC1(C(N)c2cccc(CC(C)C)c2)CCCC(C)C1. The summed E-state index contributed by atoms with van der Waals surface area (Å²) >= 11 is 0. The van der Waals surface area contributed by atoms with E-state index in [-0.39, 0.29) is 11.6 Å². The van der Waals surface area contributed by atoms with Gasteiger partial charge in [-0.1, -0.05) is 57.9 Å². The molecular formula is C19H31NO. The van der Waals surface area contributed by atoms with Crippen LogP contribution < -0.4 is 5.73 Å². The smallest absolute Gasteiger partial charge is 0.0872 e. The van der Waals surface area contributed by atoms with Crippen LogP contribution in [0, 0.1) is 11.8 Å². The van der Waals surface area contributed by atoms with Crippen molar-refractivity contribution in [3.05, 3.63) is 35.4 Å². The van der Waals surface area contributed by atoms with Crippen LogP contribution in [-0.4, -0.2) is 12.7 Å². The Hall–Kier alpha value is -0.860. The van der Waals surface area contributed by atoms with Crippen molar-refractivity contribution in [3.63, 3.8) is 0 Å². The van der Waals surface area contributed by atoms with Gasteiger partial charge < -0.3 is 10.5 Å². The Balaban J connectivity index is 2.22. The number of ether oxygens (including phenoxy) is 1. The van der Waals surface area contributed by atoms with Crippen molar-refractivity contribution in [2.24, 2.45) is 17.6 Å². The number of benzene rings is 1. The highest BCUT2D eigenvalue weighted by molar-refractivity contribution is 5.28. The first-order chi connectivity index (χ1) is 9.97. The topological polar surface area (TPSA) is 35.2 Å². The molecule has 0 aromatic heterocycles. The van der Waals surface area contributed by atoms with Crippen LogP contribution in [0.25, 0.3) is 0 Å². The molecule has 0 radical (unpaired) electrons. The standard InChI is InChI=1S/C19H31NO/c1-14(2)11-16-8-5-9-17(12-16)18(20)19(21-4)10-6-7-15(3)13-19/h5,8-9,12,14-15,18H,6-7,10-11,13,20H2,1-4H3. The third-order valence-electron chi connectivity index (χ3n) is 4.92. The molecule has 1 saturated carbocycles. The lowest BCUT2D eigenvalue weighted by atomic mass is 9.73. The number of nitrogens with two attached hydrogens (primary N) is 1. The van der Waals surface area contributed by atoms with Crippen molar-refractivity contribution < 1.29 is 4.74 Å². The monoisotopic (exact) mass is 289 g/mol. The summed E-state index contributed by atoms with van der Waals surface area (Å²) in [5.41, 5.74) is 9.07. The van der Waals surface area contributed by atoms with Gasteiger partial charge in [0.1, 0.15) is 0 Å². The average molecular weight is 289 g/mol. The van der Waals surface area contributed by atoms with Crippen LogP contribution in [0.5, 0.6) is 0 Å². The molecule has 2 heteroatoms. The summed E-state index contributed by atoms with van der Waals surface area (Å²) in [7, 11) is 1.83. The molecule has 1 aromatic rings. The predicted octanol–water partition coefficient (Wildman–Crippen LogP) is 4.48. The first-order valence-electron chi connectivity index (χ1n) is 8.36. The van der Waals surface area contributed by atoms with Crippen molar-refractivity contribution in [2.45, 2.75) is 64.5 Å². The Morgan fingerprint density at radius 1 is 1.38 bits per heavy atom. The molecule has 0 amide bonds. The molecule has 21 heavy (non-hydrogen) atoms. The molecule has 2 N–H and O–H groups in total. The van der Waals surface area contributed by atoms with E-state index in [2.05, 4.69) is 45.0 Å². The van der Waals surface area contributed by atoms with Gasteiger partial charge in [0.2, 0.25) is 0 Å². The van der Waals surface area contributed by atoms with Gasteiger partial charge in [0.05, 0.1) is 11.6 Å². The van der Waals surface area contributed by atoms with Gasteiger partial charge in [-0.25, -0.2) is 0 Å². The third-order valence-corrected chi connectivity index (χ3v) is 4.92. The van der Waals surface area contributed by atoms with E-state index in [0.29, 0.717) is 11.8 Å². The summed E-state index contributed by atoms with van der Waals surface area (Å²) in [4.78, 5) is 0. The maximum absolute atomic E-state index is 6.65. The zero-order chi connectivity index (χ0) is 15.5. The summed E-state index contributed by atoms with van der Waals surface area (Å²) in [6, 6.07) is 8.76. The number of hydrogen-bond acceptors (Lipinski definition) is 2. The Labute approximate surface area is 130 Å². The van der Waals surface area contributed by atoms with E-state index in [4.69, 9.17) is 10.5 Å². The van der Waals surface area contributed by atoms with E-state index in [1.54, 1.807) is 0 Å². The molecule has 0 saturated heterocycles. The van der Waals surface area contributed by atoms with Gasteiger partial charge >= 0.3 is 0 Å². The largest absolute Gasteiger partial charge is 0.376 e. The van der Waals surface area contributed by atoms with Gasteiger partial charge in [0.25, 0.3) is 0 Å². The van der Waals surface area contributed by atoms with E-state index in [1.165, 1.54) is 24.0 Å². The minimum atomic E-state index is -0.186. The van der Waals surface area contributed by atoms with Gasteiger partial charge in [-0.15, -0.1) is 0 Å². The van der Waals surface area contributed by atoms with Crippen molar-refractivity contribution >= 4 is 0 Å². The molecule has 0 heterocycles. The highest BCUT2D eigenvalue weighted by Gasteiger charge is 2.41. The fourth-order valence-electron chi connectivity index (χ4n) is 3.83. The normalized spacial score (nSPS) is 27.8. The second-order valence-corrected chi connectivity index (χ2v) is 7.29. The first-order valence-corrected chi connectivity index (χ1v) is 8.36. The molecule has 0 aliphatic heterocycles. The van der Waals surface area contributed by atoms with Crippen molar-refractivity contribution in [1.82, 2.24) is 0 Å². The lowest BCUT2D eigenvalue weighted by Crippen LogP contribution is -2.46. The Morgan fingerprint density at radius 2 is 2.14 bits per heavy atom. The van der Waals surface area contributed by atoms with Gasteiger partial charge in [-0.3, -0.25) is 0 Å². The van der Waals surface area contributed by atoms with E-state index < -0.39 is 0 Å². The van der Waals surface area contributed by atoms with Crippen LogP contribution in [0.2, 0.25) is 0 Å². The van der Waals surface area contributed by atoms with Gasteiger partial charge in [0.15, 0.2) is 0 Å². The number of methoxy groups -OCH3 is 1. The molecule has 3 unspecified atom stereocenters. The number of hydrogen-bond donors (Lipinski definition) is 1. The van der Waals surface area contributed by atoms with E-state index in [1.807, 2.05) is 7.11 Å². The van der Waals surface area contributed by atoms with Crippen molar-refractivity contribution in [3.8, 4) is 0 Å². The maximum atomic E-state index is 6.65. The van der Waals surface area contributed by atoms with Gasteiger partial charge in [0, 0.05) is 7.11 Å². The summed E-state index contributed by atoms with van der Waals surface area (Å²) < 4.78 is 5.96. The molecular weight excluding hydrogens is 258 g/mol. The molecule has 1 aliphatic carbocycles. The molecule has 1 aromatic carbocycles. The van der Waals surface area contributed by atoms with Crippen molar-refractivity contribution in [2.75, 3.05) is 7.11 Å². The Bertz CT molecular complexity index is 457. The molecule has 2 nitrogen and oxygen atoms in total. The van der Waals surface area contributed by atoms with Crippen LogP contribution in [0.4, 0.5) is 0 Å². The Kier molecular flexibility index (Phi) is 5.45. The fraction of sp³-hybridized carbons (Fsp3) is 0.684.